The van der Waals surface area contributed by atoms with Gasteiger partial charge < -0.3 is 22.1 Å². The standard InChI is InChI=1S/C21H30N2.C11H18N2S2/c1-5-16(3)22-20-11-7-18(8-12-20)15-19-9-13-21(14-10-19)23-17(4)6-2;1-4-14-8-6-9(15-5-2)11(13)7(3)10(8)12/h7-14,16-17,22-23H,5-6,15H2,1-4H3;6H,4-5,12-13H2,1-3H3. The smallest absolute Gasteiger partial charge is 0.0503 e. The van der Waals surface area contributed by atoms with Crippen molar-refractivity contribution >= 4 is 46.3 Å². The fourth-order valence-corrected chi connectivity index (χ4v) is 5.50. The van der Waals surface area contributed by atoms with Crippen molar-refractivity contribution < 1.29 is 0 Å². The second-order valence-corrected chi connectivity index (χ2v) is 12.3. The van der Waals surface area contributed by atoms with E-state index in [0.717, 1.165) is 57.5 Å². The number of nitrogen functional groups attached to an aromatic ring is 2. The summed E-state index contributed by atoms with van der Waals surface area (Å²) in [5.74, 6) is 2.06. The minimum absolute atomic E-state index is 0.520. The average Bonchev–Trinajstić information content (AvgIpc) is 2.92. The van der Waals surface area contributed by atoms with Gasteiger partial charge in [0.05, 0.1) is 11.4 Å². The summed E-state index contributed by atoms with van der Waals surface area (Å²) in [5, 5.41) is 7.01. The summed E-state index contributed by atoms with van der Waals surface area (Å²) in [4.78, 5) is 2.31. The van der Waals surface area contributed by atoms with Gasteiger partial charge in [-0.3, -0.25) is 0 Å². The van der Waals surface area contributed by atoms with Crippen molar-refractivity contribution in [1.29, 1.82) is 0 Å². The van der Waals surface area contributed by atoms with Crippen LogP contribution in [0.15, 0.2) is 64.4 Å². The first-order valence-corrected chi connectivity index (χ1v) is 15.8. The van der Waals surface area contributed by atoms with Crippen LogP contribution in [0.5, 0.6) is 0 Å². The van der Waals surface area contributed by atoms with Gasteiger partial charge in [-0.2, -0.15) is 0 Å². The van der Waals surface area contributed by atoms with E-state index in [0.29, 0.717) is 12.1 Å². The van der Waals surface area contributed by atoms with Crippen LogP contribution in [0.25, 0.3) is 0 Å². The van der Waals surface area contributed by atoms with Crippen molar-refractivity contribution in [3.8, 4) is 0 Å². The molecule has 0 saturated carbocycles. The Balaban J connectivity index is 0.000000293. The highest BCUT2D eigenvalue weighted by Crippen LogP contribution is 2.38. The molecule has 0 amide bonds. The molecule has 0 bridgehead atoms. The highest BCUT2D eigenvalue weighted by Gasteiger charge is 2.11. The molecule has 6 heteroatoms. The van der Waals surface area contributed by atoms with Crippen LogP contribution >= 0.6 is 23.5 Å². The Kier molecular flexibility index (Phi) is 13.8. The van der Waals surface area contributed by atoms with Gasteiger partial charge >= 0.3 is 0 Å². The van der Waals surface area contributed by atoms with E-state index in [-0.39, 0.29) is 0 Å². The van der Waals surface area contributed by atoms with E-state index in [1.807, 2.05) is 6.92 Å². The molecular formula is C32H48N4S2. The van der Waals surface area contributed by atoms with E-state index in [1.54, 1.807) is 23.5 Å². The zero-order chi connectivity index (χ0) is 28.1. The molecule has 2 atom stereocenters. The quantitative estimate of drug-likeness (QED) is 0.133. The van der Waals surface area contributed by atoms with Crippen molar-refractivity contribution in [1.82, 2.24) is 0 Å². The SMILES string of the molecule is CCC(C)Nc1ccc(Cc2ccc(NC(C)CC)cc2)cc1.CCSc1cc(SCC)c(N)c(C)c1N. The zero-order valence-electron chi connectivity index (χ0n) is 24.4. The van der Waals surface area contributed by atoms with Crippen molar-refractivity contribution in [2.24, 2.45) is 0 Å². The molecule has 0 aliphatic rings. The number of benzene rings is 3. The van der Waals surface area contributed by atoms with Gasteiger partial charge in [0.1, 0.15) is 0 Å². The van der Waals surface area contributed by atoms with E-state index in [1.165, 1.54) is 22.5 Å². The minimum atomic E-state index is 0.520. The van der Waals surface area contributed by atoms with Crippen LogP contribution in [-0.4, -0.2) is 23.6 Å². The lowest BCUT2D eigenvalue weighted by atomic mass is 10.0. The van der Waals surface area contributed by atoms with Crippen LogP contribution in [0, 0.1) is 6.92 Å². The molecule has 3 rings (SSSR count). The van der Waals surface area contributed by atoms with Gasteiger partial charge in [-0.15, -0.1) is 23.5 Å². The molecule has 0 aliphatic carbocycles. The summed E-state index contributed by atoms with van der Waals surface area (Å²) >= 11 is 3.54. The molecule has 0 fully saturated rings. The monoisotopic (exact) mass is 552 g/mol. The fraction of sp³-hybridized carbons (Fsp3) is 0.438. The van der Waals surface area contributed by atoms with Crippen molar-refractivity contribution in [3.05, 3.63) is 71.3 Å². The molecule has 0 radical (unpaired) electrons. The Morgan fingerprint density at radius 2 is 1.03 bits per heavy atom. The van der Waals surface area contributed by atoms with Gasteiger partial charge in [0, 0.05) is 33.2 Å². The first-order valence-electron chi connectivity index (χ1n) is 13.9. The summed E-state index contributed by atoms with van der Waals surface area (Å²) in [6.07, 6.45) is 3.25. The molecule has 0 saturated heterocycles. The zero-order valence-corrected chi connectivity index (χ0v) is 26.0. The first kappa shape index (κ1) is 31.8. The largest absolute Gasteiger partial charge is 0.398 e. The number of hydrogen-bond donors (Lipinski definition) is 4. The number of thioether (sulfide) groups is 2. The van der Waals surface area contributed by atoms with Crippen molar-refractivity contribution in [3.63, 3.8) is 0 Å². The van der Waals surface area contributed by atoms with E-state index < -0.39 is 0 Å². The highest BCUT2D eigenvalue weighted by molar-refractivity contribution is 8.00. The lowest BCUT2D eigenvalue weighted by Crippen LogP contribution is -2.13. The molecule has 0 spiro atoms. The van der Waals surface area contributed by atoms with Crippen LogP contribution < -0.4 is 22.1 Å². The second-order valence-electron chi connectivity index (χ2n) is 9.67. The molecular weight excluding hydrogens is 505 g/mol. The topological polar surface area (TPSA) is 76.1 Å². The number of hydrogen-bond acceptors (Lipinski definition) is 6. The molecule has 6 N–H and O–H groups in total. The maximum atomic E-state index is 6.02. The van der Waals surface area contributed by atoms with E-state index in [2.05, 4.69) is 107 Å². The maximum Gasteiger partial charge on any atom is 0.0503 e. The lowest BCUT2D eigenvalue weighted by Gasteiger charge is -2.14. The van der Waals surface area contributed by atoms with Crippen molar-refractivity contribution in [2.75, 3.05) is 33.6 Å². The third kappa shape index (κ3) is 10.0. The molecule has 3 aromatic rings. The second kappa shape index (κ2) is 16.5. The van der Waals surface area contributed by atoms with Gasteiger partial charge in [0.2, 0.25) is 0 Å². The lowest BCUT2D eigenvalue weighted by molar-refractivity contribution is 0.764. The Hall–Kier alpha value is -2.44. The fourth-order valence-electron chi connectivity index (χ4n) is 3.79. The summed E-state index contributed by atoms with van der Waals surface area (Å²) in [6, 6.07) is 20.7. The molecule has 4 nitrogen and oxygen atoms in total. The molecule has 208 valence electrons. The Labute approximate surface area is 240 Å². The van der Waals surface area contributed by atoms with Gasteiger partial charge in [-0.25, -0.2) is 0 Å². The van der Waals surface area contributed by atoms with E-state index in [4.69, 9.17) is 11.5 Å². The van der Waals surface area contributed by atoms with Crippen LogP contribution in [0.2, 0.25) is 0 Å². The van der Waals surface area contributed by atoms with E-state index in [9.17, 15) is 0 Å². The molecule has 3 aromatic carbocycles. The van der Waals surface area contributed by atoms with Gasteiger partial charge in [0.15, 0.2) is 0 Å². The summed E-state index contributed by atoms with van der Waals surface area (Å²) < 4.78 is 0. The van der Waals surface area contributed by atoms with Crippen LogP contribution in [0.4, 0.5) is 22.7 Å². The Morgan fingerprint density at radius 1 is 0.658 bits per heavy atom. The van der Waals surface area contributed by atoms with Crippen LogP contribution in [0.3, 0.4) is 0 Å². The highest BCUT2D eigenvalue weighted by atomic mass is 32.2. The predicted molar refractivity (Wildman–Crippen MR) is 175 cm³/mol. The predicted octanol–water partition coefficient (Wildman–Crippen LogP) is 9.08. The molecule has 0 aromatic heterocycles. The number of nitrogens with one attached hydrogen (secondary N) is 2. The van der Waals surface area contributed by atoms with Gasteiger partial charge in [-0.1, -0.05) is 52.0 Å². The van der Waals surface area contributed by atoms with Crippen LogP contribution in [-0.2, 0) is 6.42 Å². The summed E-state index contributed by atoms with van der Waals surface area (Å²) in [5.41, 5.74) is 19.8. The Bertz CT molecular complexity index is 1010. The summed E-state index contributed by atoms with van der Waals surface area (Å²) in [7, 11) is 0. The van der Waals surface area contributed by atoms with Crippen molar-refractivity contribution in [2.45, 2.75) is 89.6 Å². The average molecular weight is 553 g/mol. The van der Waals surface area contributed by atoms with Gasteiger partial charge in [0.25, 0.3) is 0 Å². The molecule has 0 heterocycles. The molecule has 38 heavy (non-hydrogen) atoms. The molecule has 0 aliphatic heterocycles. The third-order valence-corrected chi connectivity index (χ3v) is 8.44. The third-order valence-electron chi connectivity index (χ3n) is 6.57. The minimum Gasteiger partial charge on any atom is -0.398 e. The number of anilines is 4. The van der Waals surface area contributed by atoms with Crippen LogP contribution in [0.1, 0.15) is 71.1 Å². The maximum absolute atomic E-state index is 6.02. The molecule has 2 unspecified atom stereocenters. The summed E-state index contributed by atoms with van der Waals surface area (Å²) in [6.45, 7) is 15.1. The normalized spacial score (nSPS) is 12.3. The van der Waals surface area contributed by atoms with E-state index >= 15 is 0 Å². The number of rotatable bonds is 12. The van der Waals surface area contributed by atoms with Gasteiger partial charge in [-0.05, 0) is 98.6 Å². The number of nitrogens with two attached hydrogens (primary N) is 2. The Morgan fingerprint density at radius 3 is 1.34 bits per heavy atom. The first-order chi connectivity index (χ1) is 18.2.